The minimum atomic E-state index is -0.835. The fraction of sp³-hybridized carbons (Fsp3) is 0.467. The Hall–Kier alpha value is -1.40. The van der Waals surface area contributed by atoms with E-state index in [2.05, 4.69) is 16.5 Å². The predicted octanol–water partition coefficient (Wildman–Crippen LogP) is 3.97. The summed E-state index contributed by atoms with van der Waals surface area (Å²) in [6, 6.07) is 6.01. The number of imidazole rings is 1. The lowest BCUT2D eigenvalue weighted by molar-refractivity contribution is 0.103. The second kappa shape index (κ2) is 6.01. The molecule has 1 N–H and O–H groups in total. The van der Waals surface area contributed by atoms with Gasteiger partial charge in [-0.05, 0) is 36.8 Å². The van der Waals surface area contributed by atoms with Crippen LogP contribution in [0, 0.1) is 5.92 Å². The average Bonchev–Trinajstić information content (AvgIpc) is 2.84. The molecule has 2 aromatic rings. The van der Waals surface area contributed by atoms with Gasteiger partial charge in [0.2, 0.25) is 0 Å². The van der Waals surface area contributed by atoms with Crippen LogP contribution in [0.2, 0.25) is 5.02 Å². The monoisotopic (exact) mass is 339 g/mol. The van der Waals surface area contributed by atoms with E-state index in [-0.39, 0.29) is 12.0 Å². The molecule has 1 aromatic heterocycles. The van der Waals surface area contributed by atoms with E-state index < -0.39 is 6.09 Å². The summed E-state index contributed by atoms with van der Waals surface area (Å²) in [5.74, 6) is 0.240. The summed E-state index contributed by atoms with van der Waals surface area (Å²) in [6.07, 6.45) is 1.98. The zero-order valence-electron chi connectivity index (χ0n) is 12.5. The van der Waals surface area contributed by atoms with Crippen LogP contribution in [-0.2, 0) is 0 Å². The quantitative estimate of drug-likeness (QED) is 0.841. The van der Waals surface area contributed by atoms with Crippen molar-refractivity contribution in [1.29, 1.82) is 0 Å². The lowest BCUT2D eigenvalue weighted by Crippen LogP contribution is -2.42. The van der Waals surface area contributed by atoms with Gasteiger partial charge >= 0.3 is 6.09 Å². The third kappa shape index (κ3) is 2.65. The van der Waals surface area contributed by atoms with Crippen LogP contribution in [-0.4, -0.2) is 45.0 Å². The number of aromatic nitrogens is 2. The Labute approximate surface area is 138 Å². The van der Waals surface area contributed by atoms with Crippen LogP contribution in [0.25, 0.3) is 11.0 Å². The molecular weight excluding hydrogens is 322 g/mol. The fourth-order valence-corrected chi connectivity index (χ4v) is 3.99. The largest absolute Gasteiger partial charge is 0.465 e. The molecule has 2 unspecified atom stereocenters. The Morgan fingerprint density at radius 2 is 2.27 bits per heavy atom. The Kier molecular flexibility index (Phi) is 4.23. The summed E-state index contributed by atoms with van der Waals surface area (Å²) >= 11 is 7.67. The molecule has 22 heavy (non-hydrogen) atoms. The first-order valence-electron chi connectivity index (χ1n) is 7.20. The van der Waals surface area contributed by atoms with Gasteiger partial charge in [-0.15, -0.1) is 0 Å². The lowest BCUT2D eigenvalue weighted by atomic mass is 9.93. The number of nitrogens with zero attached hydrogens (tertiary/aromatic N) is 3. The van der Waals surface area contributed by atoms with Crippen LogP contribution in [0.1, 0.15) is 19.4 Å². The molecule has 0 bridgehead atoms. The number of likely N-dealkylation sites (tertiary alicyclic amines) is 1. The van der Waals surface area contributed by atoms with Crippen molar-refractivity contribution in [2.24, 2.45) is 5.92 Å². The smallest absolute Gasteiger partial charge is 0.407 e. The van der Waals surface area contributed by atoms with Crippen molar-refractivity contribution in [3.63, 3.8) is 0 Å². The van der Waals surface area contributed by atoms with Crippen molar-refractivity contribution >= 4 is 40.5 Å². The van der Waals surface area contributed by atoms with Crippen molar-refractivity contribution in [3.8, 4) is 0 Å². The maximum atomic E-state index is 11.2. The van der Waals surface area contributed by atoms with Crippen LogP contribution in [0.15, 0.2) is 23.4 Å². The van der Waals surface area contributed by atoms with Gasteiger partial charge in [-0.2, -0.15) is 0 Å². The van der Waals surface area contributed by atoms with Gasteiger partial charge in [-0.3, -0.25) is 0 Å². The number of hydrogen-bond acceptors (Lipinski definition) is 3. The first kappa shape index (κ1) is 15.5. The maximum absolute atomic E-state index is 11.2. The second-order valence-electron chi connectivity index (χ2n) is 5.66. The average molecular weight is 340 g/mol. The Bertz CT molecular complexity index is 718. The van der Waals surface area contributed by atoms with Crippen LogP contribution < -0.4 is 0 Å². The van der Waals surface area contributed by atoms with Gasteiger partial charge in [0, 0.05) is 24.2 Å². The summed E-state index contributed by atoms with van der Waals surface area (Å²) in [5, 5.41) is 10.8. The van der Waals surface area contributed by atoms with Crippen molar-refractivity contribution in [3.05, 3.63) is 23.2 Å². The minimum Gasteiger partial charge on any atom is -0.465 e. The number of rotatable bonds is 2. The van der Waals surface area contributed by atoms with Gasteiger partial charge in [0.15, 0.2) is 5.16 Å². The highest BCUT2D eigenvalue weighted by Crippen LogP contribution is 2.35. The zero-order chi connectivity index (χ0) is 15.9. The molecule has 118 valence electrons. The Balaban J connectivity index is 2.01. The number of hydrogen-bond donors (Lipinski definition) is 1. The van der Waals surface area contributed by atoms with E-state index in [9.17, 15) is 4.79 Å². The topological polar surface area (TPSA) is 58.4 Å². The highest BCUT2D eigenvalue weighted by atomic mass is 35.5. The number of benzene rings is 1. The molecule has 1 aliphatic rings. The van der Waals surface area contributed by atoms with Crippen LogP contribution >= 0.6 is 23.4 Å². The molecule has 5 nitrogen and oxygen atoms in total. The van der Waals surface area contributed by atoms with Crippen LogP contribution in [0.5, 0.6) is 0 Å². The molecule has 3 rings (SSSR count). The third-order valence-electron chi connectivity index (χ3n) is 4.26. The van der Waals surface area contributed by atoms with Gasteiger partial charge in [-0.1, -0.05) is 30.3 Å². The van der Waals surface area contributed by atoms with Gasteiger partial charge in [0.1, 0.15) is 0 Å². The highest BCUT2D eigenvalue weighted by Gasteiger charge is 2.31. The van der Waals surface area contributed by atoms with Crippen molar-refractivity contribution < 1.29 is 9.90 Å². The molecule has 0 saturated carbocycles. The zero-order valence-corrected chi connectivity index (χ0v) is 14.1. The van der Waals surface area contributed by atoms with Crippen LogP contribution in [0.4, 0.5) is 4.79 Å². The molecule has 0 radical (unpaired) electrons. The van der Waals surface area contributed by atoms with Crippen molar-refractivity contribution in [2.45, 2.75) is 24.5 Å². The van der Waals surface area contributed by atoms with E-state index in [1.807, 2.05) is 24.5 Å². The molecular formula is C15H18ClN3O2S. The number of thioether (sulfide) groups is 1. The molecule has 7 heteroatoms. The minimum absolute atomic E-state index is 0.240. The number of piperidine rings is 1. The summed E-state index contributed by atoms with van der Waals surface area (Å²) < 4.78 is 2.25. The summed E-state index contributed by atoms with van der Waals surface area (Å²) in [7, 11) is 0. The van der Waals surface area contributed by atoms with Gasteiger partial charge in [0.05, 0.1) is 11.0 Å². The number of halogens is 1. The van der Waals surface area contributed by atoms with Gasteiger partial charge in [-0.25, -0.2) is 9.78 Å². The molecule has 0 spiro atoms. The normalized spacial score (nSPS) is 22.2. The summed E-state index contributed by atoms with van der Waals surface area (Å²) in [5.41, 5.74) is 1.96. The standard InChI is InChI=1S/C15H18ClN3O2S/c1-9-8-18(15(20)21)6-5-12(9)19-13-4-3-10(16)7-11(13)17-14(19)22-2/h3-4,7,9,12H,5-6,8H2,1-2H3,(H,20,21). The van der Waals surface area contributed by atoms with Gasteiger partial charge < -0.3 is 14.6 Å². The Morgan fingerprint density at radius 1 is 1.50 bits per heavy atom. The first-order chi connectivity index (χ1) is 10.5. The predicted molar refractivity (Wildman–Crippen MR) is 88.9 cm³/mol. The molecule has 1 aromatic carbocycles. The van der Waals surface area contributed by atoms with Gasteiger partial charge in [0.25, 0.3) is 0 Å². The van der Waals surface area contributed by atoms with Crippen molar-refractivity contribution in [2.75, 3.05) is 19.3 Å². The van der Waals surface area contributed by atoms with E-state index in [0.29, 0.717) is 18.1 Å². The molecule has 1 saturated heterocycles. The number of fused-ring (bicyclic) bond motifs is 1. The third-order valence-corrected chi connectivity index (χ3v) is 5.15. The van der Waals surface area contributed by atoms with E-state index >= 15 is 0 Å². The fourth-order valence-electron chi connectivity index (χ4n) is 3.20. The number of carboxylic acid groups (broad SMARTS) is 1. The van der Waals surface area contributed by atoms with Crippen LogP contribution in [0.3, 0.4) is 0 Å². The number of amides is 1. The van der Waals surface area contributed by atoms with E-state index in [0.717, 1.165) is 22.6 Å². The molecule has 1 amide bonds. The first-order valence-corrected chi connectivity index (χ1v) is 8.81. The maximum Gasteiger partial charge on any atom is 0.407 e. The second-order valence-corrected chi connectivity index (χ2v) is 6.87. The highest BCUT2D eigenvalue weighted by molar-refractivity contribution is 7.98. The molecule has 2 heterocycles. The number of carbonyl (C=O) groups is 1. The SMILES string of the molecule is CSc1nc2cc(Cl)ccc2n1C1CCN(C(=O)O)CC1C. The lowest BCUT2D eigenvalue weighted by Gasteiger charge is -2.36. The molecule has 1 aliphatic heterocycles. The molecule has 0 aliphatic carbocycles. The van der Waals surface area contributed by atoms with Crippen molar-refractivity contribution in [1.82, 2.24) is 14.5 Å². The Morgan fingerprint density at radius 3 is 2.91 bits per heavy atom. The van der Waals surface area contributed by atoms with E-state index in [1.165, 1.54) is 4.90 Å². The summed E-state index contributed by atoms with van der Waals surface area (Å²) in [6.45, 7) is 3.22. The summed E-state index contributed by atoms with van der Waals surface area (Å²) in [4.78, 5) is 17.3. The van der Waals surface area contributed by atoms with E-state index in [4.69, 9.17) is 16.7 Å². The molecule has 1 fully saturated rings. The van der Waals surface area contributed by atoms with E-state index in [1.54, 1.807) is 11.8 Å². The molecule has 2 atom stereocenters.